The maximum absolute atomic E-state index is 13.1. The van der Waals surface area contributed by atoms with Crippen molar-refractivity contribution in [3.05, 3.63) is 76.6 Å². The van der Waals surface area contributed by atoms with Gasteiger partial charge in [0.2, 0.25) is 11.8 Å². The fourth-order valence-corrected chi connectivity index (χ4v) is 4.15. The zero-order valence-corrected chi connectivity index (χ0v) is 19.9. The summed E-state index contributed by atoms with van der Waals surface area (Å²) < 4.78 is 4.80. The molecule has 0 saturated carbocycles. The number of para-hydroxylation sites is 2. The highest BCUT2D eigenvalue weighted by atomic mass is 16.5. The molecule has 10 heteroatoms. The first kappa shape index (κ1) is 24.4. The maximum atomic E-state index is 13.1. The molecule has 1 aromatic heterocycles. The molecule has 2 aromatic carbocycles. The number of anilines is 3. The SMILES string of the molecule is COC(=O)c1c(CC(=O)Nc2ccc(C(=O)N3CC(=O)Nc4ccccc43)cc2)[nH]c(C(C)=O)c1C. The molecule has 36 heavy (non-hydrogen) atoms. The fraction of sp³-hybridized carbons (Fsp3) is 0.192. The molecule has 10 nitrogen and oxygen atoms in total. The van der Waals surface area contributed by atoms with Gasteiger partial charge in [-0.1, -0.05) is 12.1 Å². The highest BCUT2D eigenvalue weighted by Crippen LogP contribution is 2.30. The predicted molar refractivity (Wildman–Crippen MR) is 132 cm³/mol. The first-order valence-electron chi connectivity index (χ1n) is 11.1. The van der Waals surface area contributed by atoms with Crippen molar-refractivity contribution in [2.24, 2.45) is 0 Å². The lowest BCUT2D eigenvalue weighted by atomic mass is 10.1. The first-order valence-corrected chi connectivity index (χ1v) is 11.1. The molecule has 0 radical (unpaired) electrons. The van der Waals surface area contributed by atoms with Crippen LogP contribution in [0, 0.1) is 6.92 Å². The van der Waals surface area contributed by atoms with E-state index in [1.807, 2.05) is 0 Å². The van der Waals surface area contributed by atoms with Crippen LogP contribution in [-0.2, 0) is 20.7 Å². The summed E-state index contributed by atoms with van der Waals surface area (Å²) in [5.41, 5.74) is 3.04. The van der Waals surface area contributed by atoms with Gasteiger partial charge in [-0.15, -0.1) is 0 Å². The third kappa shape index (κ3) is 4.74. The van der Waals surface area contributed by atoms with Gasteiger partial charge in [-0.3, -0.25) is 24.1 Å². The predicted octanol–water partition coefficient (Wildman–Crippen LogP) is 3.09. The summed E-state index contributed by atoms with van der Waals surface area (Å²) in [6.07, 6.45) is -0.196. The summed E-state index contributed by atoms with van der Waals surface area (Å²) in [4.78, 5) is 66.2. The van der Waals surface area contributed by atoms with Crippen molar-refractivity contribution < 1.29 is 28.7 Å². The van der Waals surface area contributed by atoms with E-state index in [1.54, 1.807) is 55.5 Å². The van der Waals surface area contributed by atoms with E-state index >= 15 is 0 Å². The minimum atomic E-state index is -0.644. The number of ether oxygens (including phenoxy) is 1. The molecule has 3 aromatic rings. The Labute approximate surface area is 206 Å². The van der Waals surface area contributed by atoms with Crippen molar-refractivity contribution in [2.75, 3.05) is 29.2 Å². The van der Waals surface area contributed by atoms with Crippen LogP contribution in [0.15, 0.2) is 48.5 Å². The first-order chi connectivity index (χ1) is 17.2. The number of amides is 3. The molecule has 0 fully saturated rings. The van der Waals surface area contributed by atoms with Crippen LogP contribution in [0.3, 0.4) is 0 Å². The van der Waals surface area contributed by atoms with Crippen molar-refractivity contribution in [2.45, 2.75) is 20.3 Å². The molecular weight excluding hydrogens is 464 g/mol. The number of fused-ring (bicyclic) bond motifs is 1. The standard InChI is InChI=1S/C26H24N4O6/c1-14-23(26(35)36-3)19(29-24(14)15(2)31)12-21(32)27-17-10-8-16(9-11-17)25(34)30-13-22(33)28-18-6-4-5-7-20(18)30/h4-11,29H,12-13H2,1-3H3,(H,27,32)(H,28,33). The van der Waals surface area contributed by atoms with Gasteiger partial charge in [0.15, 0.2) is 5.78 Å². The number of hydrogen-bond acceptors (Lipinski definition) is 6. The van der Waals surface area contributed by atoms with Gasteiger partial charge in [-0.2, -0.15) is 0 Å². The number of aromatic amines is 1. The lowest BCUT2D eigenvalue weighted by Crippen LogP contribution is -2.42. The minimum Gasteiger partial charge on any atom is -0.465 e. The molecule has 3 amide bonds. The van der Waals surface area contributed by atoms with E-state index in [2.05, 4.69) is 15.6 Å². The van der Waals surface area contributed by atoms with Crippen LogP contribution in [0.4, 0.5) is 17.1 Å². The second kappa shape index (κ2) is 9.87. The van der Waals surface area contributed by atoms with Crippen LogP contribution < -0.4 is 15.5 Å². The Hall–Kier alpha value is -4.73. The smallest absolute Gasteiger partial charge is 0.339 e. The van der Waals surface area contributed by atoms with Gasteiger partial charge in [0, 0.05) is 23.9 Å². The molecule has 0 atom stereocenters. The van der Waals surface area contributed by atoms with E-state index < -0.39 is 11.9 Å². The molecule has 0 saturated heterocycles. The molecule has 4 rings (SSSR count). The summed E-state index contributed by atoms with van der Waals surface area (Å²) in [7, 11) is 1.23. The number of methoxy groups -OCH3 is 1. The van der Waals surface area contributed by atoms with Gasteiger partial charge in [0.25, 0.3) is 5.91 Å². The van der Waals surface area contributed by atoms with Gasteiger partial charge < -0.3 is 20.4 Å². The Morgan fingerprint density at radius 3 is 2.42 bits per heavy atom. The molecule has 0 spiro atoms. The topological polar surface area (TPSA) is 138 Å². The number of hydrogen-bond donors (Lipinski definition) is 3. The van der Waals surface area contributed by atoms with E-state index in [0.29, 0.717) is 28.2 Å². The third-order valence-corrected chi connectivity index (χ3v) is 5.84. The third-order valence-electron chi connectivity index (χ3n) is 5.84. The van der Waals surface area contributed by atoms with E-state index in [0.717, 1.165) is 0 Å². The van der Waals surface area contributed by atoms with Crippen molar-refractivity contribution in [3.63, 3.8) is 0 Å². The van der Waals surface area contributed by atoms with Crippen LogP contribution in [0.2, 0.25) is 0 Å². The number of rotatable bonds is 6. The molecule has 3 N–H and O–H groups in total. The summed E-state index contributed by atoms with van der Waals surface area (Å²) in [5, 5.41) is 5.46. The summed E-state index contributed by atoms with van der Waals surface area (Å²) in [6.45, 7) is 2.87. The van der Waals surface area contributed by atoms with Crippen molar-refractivity contribution >= 4 is 46.5 Å². The number of nitrogens with one attached hydrogen (secondary N) is 3. The summed E-state index contributed by atoms with van der Waals surface area (Å²) >= 11 is 0. The number of carbonyl (C=O) groups is 5. The van der Waals surface area contributed by atoms with Crippen molar-refractivity contribution in [1.82, 2.24) is 4.98 Å². The zero-order chi connectivity index (χ0) is 26.0. The molecular formula is C26H24N4O6. The maximum Gasteiger partial charge on any atom is 0.339 e. The lowest BCUT2D eigenvalue weighted by Gasteiger charge is -2.29. The van der Waals surface area contributed by atoms with E-state index in [9.17, 15) is 24.0 Å². The van der Waals surface area contributed by atoms with Crippen LogP contribution >= 0.6 is 0 Å². The Morgan fingerprint density at radius 1 is 1.06 bits per heavy atom. The van der Waals surface area contributed by atoms with E-state index in [-0.39, 0.29) is 47.5 Å². The van der Waals surface area contributed by atoms with Crippen molar-refractivity contribution in [1.29, 1.82) is 0 Å². The highest BCUT2D eigenvalue weighted by Gasteiger charge is 2.28. The average Bonchev–Trinajstić information content (AvgIpc) is 3.18. The van der Waals surface area contributed by atoms with Gasteiger partial charge in [-0.05, 0) is 48.9 Å². The second-order valence-electron chi connectivity index (χ2n) is 8.29. The zero-order valence-electron chi connectivity index (χ0n) is 19.9. The quantitative estimate of drug-likeness (QED) is 0.360. The molecule has 2 heterocycles. The second-order valence-corrected chi connectivity index (χ2v) is 8.29. The molecule has 0 unspecified atom stereocenters. The Morgan fingerprint density at radius 2 is 1.75 bits per heavy atom. The van der Waals surface area contributed by atoms with Crippen LogP contribution in [0.1, 0.15) is 49.4 Å². The number of benzene rings is 2. The van der Waals surface area contributed by atoms with Gasteiger partial charge >= 0.3 is 5.97 Å². The molecule has 0 aliphatic carbocycles. The molecule has 184 valence electrons. The van der Waals surface area contributed by atoms with Crippen molar-refractivity contribution in [3.8, 4) is 0 Å². The van der Waals surface area contributed by atoms with Gasteiger partial charge in [0.1, 0.15) is 6.54 Å². The van der Waals surface area contributed by atoms with Crippen LogP contribution in [0.25, 0.3) is 0 Å². The molecule has 1 aliphatic rings. The number of H-pyrrole nitrogens is 1. The largest absolute Gasteiger partial charge is 0.465 e. The Bertz CT molecular complexity index is 1390. The minimum absolute atomic E-state index is 0.103. The van der Waals surface area contributed by atoms with Gasteiger partial charge in [0.05, 0.1) is 36.2 Å². The summed E-state index contributed by atoms with van der Waals surface area (Å²) in [5.74, 6) is -1.98. The molecule has 1 aliphatic heterocycles. The number of esters is 1. The normalized spacial score (nSPS) is 12.4. The highest BCUT2D eigenvalue weighted by molar-refractivity contribution is 6.15. The number of aromatic nitrogens is 1. The monoisotopic (exact) mass is 488 g/mol. The Kier molecular flexibility index (Phi) is 6.69. The lowest BCUT2D eigenvalue weighted by molar-refractivity contribution is -0.116. The summed E-state index contributed by atoms with van der Waals surface area (Å²) in [6, 6.07) is 13.3. The Balaban J connectivity index is 1.48. The van der Waals surface area contributed by atoms with E-state index in [1.165, 1.54) is 18.9 Å². The number of nitrogens with zero attached hydrogens (tertiary/aromatic N) is 1. The number of Topliss-reactive ketones (excluding diaryl/α,β-unsaturated/α-hetero) is 1. The molecule has 0 bridgehead atoms. The number of ketones is 1. The van der Waals surface area contributed by atoms with Crippen LogP contribution in [0.5, 0.6) is 0 Å². The fourth-order valence-electron chi connectivity index (χ4n) is 4.15. The average molecular weight is 489 g/mol. The number of carbonyl (C=O) groups excluding carboxylic acids is 5. The van der Waals surface area contributed by atoms with Crippen LogP contribution in [-0.4, -0.2) is 48.1 Å². The van der Waals surface area contributed by atoms with Gasteiger partial charge in [-0.25, -0.2) is 4.79 Å². The van der Waals surface area contributed by atoms with E-state index in [4.69, 9.17) is 4.74 Å².